The molecule has 1 unspecified atom stereocenters. The van der Waals surface area contributed by atoms with Crippen LogP contribution in [-0.2, 0) is 9.53 Å². The van der Waals surface area contributed by atoms with Gasteiger partial charge in [-0.1, -0.05) is 11.6 Å². The minimum absolute atomic E-state index is 0.0428. The van der Waals surface area contributed by atoms with Crippen molar-refractivity contribution in [3.05, 3.63) is 59.0 Å². The van der Waals surface area contributed by atoms with E-state index in [2.05, 4.69) is 31.7 Å². The Morgan fingerprint density at radius 1 is 1.43 bits per heavy atom. The number of rotatable bonds is 8. The molecular formula is C23H21ClFN7O3. The maximum absolute atomic E-state index is 15.0. The summed E-state index contributed by atoms with van der Waals surface area (Å²) in [6.45, 7) is 1.60. The number of nitrogens with zero attached hydrogens (tertiary/aromatic N) is 5. The lowest BCUT2D eigenvalue weighted by molar-refractivity contribution is -0.129. The molecule has 0 aromatic carbocycles. The summed E-state index contributed by atoms with van der Waals surface area (Å²) in [5.41, 5.74) is 0.829. The van der Waals surface area contributed by atoms with Crippen molar-refractivity contribution < 1.29 is 18.7 Å². The van der Waals surface area contributed by atoms with Crippen LogP contribution >= 0.6 is 11.6 Å². The van der Waals surface area contributed by atoms with Crippen LogP contribution in [0.5, 0.6) is 0 Å². The first kappa shape index (κ1) is 24.0. The van der Waals surface area contributed by atoms with E-state index in [1.165, 1.54) is 36.3 Å². The molecule has 2 N–H and O–H groups in total. The number of amides is 2. The largest absolute Gasteiger partial charge is 0.488 e. The number of allylic oxidation sites excluding steroid dienone is 4. The standard InChI is InChI=1S/C23H21ClFN7O3/c1-4-18(35-3)15(10-13(2)24)19-17(12-32(30-19)20(25)23(34)28-14-6-7-14)29-22(33)16-11-27-31-9-5-8-26-21(16)31/h1,5,8-12,14,20H,6-7H2,2-3H3,(H,28,34)(H,29,33)/b13-10+,18-15-. The van der Waals surface area contributed by atoms with Crippen LogP contribution in [0.2, 0.25) is 0 Å². The van der Waals surface area contributed by atoms with Crippen molar-refractivity contribution in [1.29, 1.82) is 0 Å². The van der Waals surface area contributed by atoms with Crippen molar-refractivity contribution >= 4 is 40.3 Å². The van der Waals surface area contributed by atoms with Gasteiger partial charge in [-0.3, -0.25) is 9.59 Å². The molecule has 0 aliphatic heterocycles. The number of methoxy groups -OCH3 is 1. The molecule has 3 aromatic rings. The molecule has 1 fully saturated rings. The van der Waals surface area contributed by atoms with E-state index in [0.29, 0.717) is 10.7 Å². The summed E-state index contributed by atoms with van der Waals surface area (Å²) < 4.78 is 22.5. The molecule has 10 nitrogen and oxygen atoms in total. The van der Waals surface area contributed by atoms with Gasteiger partial charge in [0.1, 0.15) is 11.3 Å². The fourth-order valence-corrected chi connectivity index (χ4v) is 3.39. The number of ether oxygens (including phenoxy) is 1. The van der Waals surface area contributed by atoms with Crippen LogP contribution in [0.3, 0.4) is 0 Å². The molecule has 4 rings (SSSR count). The smallest absolute Gasteiger partial charge is 0.277 e. The van der Waals surface area contributed by atoms with Crippen molar-refractivity contribution in [2.24, 2.45) is 0 Å². The van der Waals surface area contributed by atoms with Crippen LogP contribution in [0.4, 0.5) is 10.1 Å². The Balaban J connectivity index is 1.77. The van der Waals surface area contributed by atoms with E-state index in [9.17, 15) is 9.59 Å². The van der Waals surface area contributed by atoms with Gasteiger partial charge in [0, 0.05) is 23.5 Å². The van der Waals surface area contributed by atoms with Crippen LogP contribution < -0.4 is 10.6 Å². The number of halogens is 2. The van der Waals surface area contributed by atoms with Crippen LogP contribution in [0, 0.1) is 12.3 Å². The summed E-state index contributed by atoms with van der Waals surface area (Å²) in [6, 6.07) is 1.62. The van der Waals surface area contributed by atoms with Gasteiger partial charge in [-0.05, 0) is 37.8 Å². The van der Waals surface area contributed by atoms with Gasteiger partial charge in [0.15, 0.2) is 11.4 Å². The van der Waals surface area contributed by atoms with Gasteiger partial charge in [-0.2, -0.15) is 10.2 Å². The third-order valence-electron chi connectivity index (χ3n) is 5.05. The summed E-state index contributed by atoms with van der Waals surface area (Å²) in [4.78, 5) is 29.6. The first-order valence-electron chi connectivity index (χ1n) is 10.5. The number of carbonyl (C=O) groups is 2. The summed E-state index contributed by atoms with van der Waals surface area (Å²) in [6.07, 6.45) is 12.2. The molecular weight excluding hydrogens is 477 g/mol. The van der Waals surface area contributed by atoms with Crippen molar-refractivity contribution in [1.82, 2.24) is 29.7 Å². The predicted molar refractivity (Wildman–Crippen MR) is 127 cm³/mol. The molecule has 3 aromatic heterocycles. The Hall–Kier alpha value is -4.17. The van der Waals surface area contributed by atoms with E-state index in [1.54, 1.807) is 19.2 Å². The molecule has 35 heavy (non-hydrogen) atoms. The quantitative estimate of drug-likeness (QED) is 0.281. The number of hydrogen-bond acceptors (Lipinski definition) is 6. The van der Waals surface area contributed by atoms with Crippen LogP contribution in [0.1, 0.15) is 42.1 Å². The fraction of sp³-hybridized carbons (Fsp3) is 0.261. The Morgan fingerprint density at radius 2 is 2.20 bits per heavy atom. The van der Waals surface area contributed by atoms with Gasteiger partial charge in [0.25, 0.3) is 18.1 Å². The lowest BCUT2D eigenvalue weighted by Gasteiger charge is -2.09. The Bertz CT molecular complexity index is 1390. The highest BCUT2D eigenvalue weighted by Gasteiger charge is 2.30. The summed E-state index contributed by atoms with van der Waals surface area (Å²) in [5, 5.41) is 13.9. The molecule has 2 amide bonds. The molecule has 0 bridgehead atoms. The fourth-order valence-electron chi connectivity index (χ4n) is 3.28. The number of aromatic nitrogens is 5. The van der Waals surface area contributed by atoms with Gasteiger partial charge < -0.3 is 15.4 Å². The number of nitrogens with one attached hydrogen (secondary N) is 2. The number of carbonyl (C=O) groups excluding carboxylic acids is 2. The van der Waals surface area contributed by atoms with E-state index >= 15 is 4.39 Å². The molecule has 12 heteroatoms. The van der Waals surface area contributed by atoms with Crippen molar-refractivity contribution in [2.45, 2.75) is 32.1 Å². The topological polar surface area (TPSA) is 115 Å². The van der Waals surface area contributed by atoms with Crippen molar-refractivity contribution in [2.75, 3.05) is 12.4 Å². The van der Waals surface area contributed by atoms with Gasteiger partial charge in [0.05, 0.1) is 30.8 Å². The number of fused-ring (bicyclic) bond motifs is 1. The summed E-state index contributed by atoms with van der Waals surface area (Å²) in [7, 11) is 1.35. The predicted octanol–water partition coefficient (Wildman–Crippen LogP) is 3.06. The molecule has 0 radical (unpaired) electrons. The zero-order chi connectivity index (χ0) is 25.1. The molecule has 1 aliphatic rings. The average Bonchev–Trinajstić information content (AvgIpc) is 3.39. The molecule has 1 aliphatic carbocycles. The van der Waals surface area contributed by atoms with Crippen molar-refractivity contribution in [3.63, 3.8) is 0 Å². The first-order chi connectivity index (χ1) is 16.8. The molecule has 0 spiro atoms. The number of hydrogen-bond donors (Lipinski definition) is 2. The van der Waals surface area contributed by atoms with Crippen LogP contribution in [-0.4, -0.2) is 49.3 Å². The van der Waals surface area contributed by atoms with Gasteiger partial charge in [-0.15, -0.1) is 6.42 Å². The van der Waals surface area contributed by atoms with Crippen LogP contribution in [0.15, 0.2) is 47.7 Å². The summed E-state index contributed by atoms with van der Waals surface area (Å²) >= 11 is 6.09. The monoisotopic (exact) mass is 497 g/mol. The van der Waals surface area contributed by atoms with E-state index in [-0.39, 0.29) is 34.3 Å². The highest BCUT2D eigenvalue weighted by Crippen LogP contribution is 2.31. The van der Waals surface area contributed by atoms with Crippen molar-refractivity contribution in [3.8, 4) is 12.3 Å². The molecule has 180 valence electrons. The average molecular weight is 498 g/mol. The zero-order valence-corrected chi connectivity index (χ0v) is 19.6. The first-order valence-corrected chi connectivity index (χ1v) is 10.9. The number of alkyl halides is 1. The molecule has 0 saturated heterocycles. The normalized spacial score (nSPS) is 15.2. The molecule has 3 heterocycles. The van der Waals surface area contributed by atoms with Gasteiger partial charge in [0.2, 0.25) is 0 Å². The van der Waals surface area contributed by atoms with E-state index in [1.807, 2.05) is 0 Å². The second-order valence-electron chi connectivity index (χ2n) is 7.71. The minimum Gasteiger partial charge on any atom is -0.488 e. The Kier molecular flexibility index (Phi) is 6.84. The number of anilines is 1. The Morgan fingerprint density at radius 3 is 2.86 bits per heavy atom. The SMILES string of the molecule is C#C/C(OC)=C(\C=C(/C)Cl)c1nn(C(F)C(=O)NC2CC2)cc1NC(=O)c1cnn2cccnc12. The molecule has 1 atom stereocenters. The van der Waals surface area contributed by atoms with Crippen LogP contribution in [0.25, 0.3) is 11.2 Å². The second-order valence-corrected chi connectivity index (χ2v) is 8.31. The zero-order valence-electron chi connectivity index (χ0n) is 18.8. The van der Waals surface area contributed by atoms with E-state index in [4.69, 9.17) is 22.8 Å². The maximum Gasteiger partial charge on any atom is 0.277 e. The summed E-state index contributed by atoms with van der Waals surface area (Å²) in [5.74, 6) is 0.999. The number of terminal acetylenes is 1. The third-order valence-corrected chi connectivity index (χ3v) is 5.16. The lowest BCUT2D eigenvalue weighted by Crippen LogP contribution is -2.32. The van der Waals surface area contributed by atoms with Gasteiger partial charge in [-0.25, -0.2) is 18.6 Å². The lowest BCUT2D eigenvalue weighted by atomic mass is 10.1. The Labute approximate surface area is 204 Å². The highest BCUT2D eigenvalue weighted by molar-refractivity contribution is 6.30. The molecule has 1 saturated carbocycles. The second kappa shape index (κ2) is 9.99. The highest BCUT2D eigenvalue weighted by atomic mass is 35.5. The third kappa shape index (κ3) is 5.17. The minimum atomic E-state index is -2.14. The maximum atomic E-state index is 15.0. The van der Waals surface area contributed by atoms with E-state index in [0.717, 1.165) is 17.5 Å². The van der Waals surface area contributed by atoms with E-state index < -0.39 is 18.1 Å². The van der Waals surface area contributed by atoms with Gasteiger partial charge >= 0.3 is 0 Å².